The van der Waals surface area contributed by atoms with Gasteiger partial charge in [-0.05, 0) is 49.6 Å². The monoisotopic (exact) mass is 356 g/mol. The second-order valence-corrected chi connectivity index (χ2v) is 7.04. The molecule has 6 heteroatoms. The molecule has 6 nitrogen and oxygen atoms in total. The average Bonchev–Trinajstić information content (AvgIpc) is 3.28. The molecule has 138 valence electrons. The smallest absolute Gasteiger partial charge is 0.310 e. The van der Waals surface area contributed by atoms with Crippen molar-refractivity contribution >= 4 is 23.5 Å². The molecule has 0 bridgehead atoms. The number of anilines is 1. The Morgan fingerprint density at radius 2 is 1.88 bits per heavy atom. The van der Waals surface area contributed by atoms with E-state index in [1.54, 1.807) is 24.3 Å². The minimum absolute atomic E-state index is 0.0695. The number of rotatable bonds is 4. The van der Waals surface area contributed by atoms with Crippen LogP contribution in [0.4, 0.5) is 5.69 Å². The summed E-state index contributed by atoms with van der Waals surface area (Å²) in [6.45, 7) is 3.82. The molecule has 2 aliphatic rings. The van der Waals surface area contributed by atoms with Gasteiger partial charge in [0.2, 0.25) is 5.91 Å². The standard InChI is InChI=1S/C20H24N2O4/c1-3-17(23)21-16-8-6-14(7-9-16)18(24)22-13-15(19(25)26-2)12-20(22)10-4-5-11-20/h3,6-9,15H,1,4-5,10-13H2,2H3,(H,21,23). The Balaban J connectivity index is 1.79. The van der Waals surface area contributed by atoms with Gasteiger partial charge >= 0.3 is 5.97 Å². The Labute approximate surface area is 153 Å². The van der Waals surface area contributed by atoms with Gasteiger partial charge in [-0.15, -0.1) is 0 Å². The molecule has 1 aromatic rings. The Hall–Kier alpha value is -2.63. The summed E-state index contributed by atoms with van der Waals surface area (Å²) in [5.41, 5.74) is 0.931. The molecule has 1 N–H and O–H groups in total. The Bertz CT molecular complexity index is 720. The fourth-order valence-electron chi connectivity index (χ4n) is 4.22. The van der Waals surface area contributed by atoms with Crippen LogP contribution in [0, 0.1) is 5.92 Å². The molecule has 1 aliphatic heterocycles. The summed E-state index contributed by atoms with van der Waals surface area (Å²) >= 11 is 0. The summed E-state index contributed by atoms with van der Waals surface area (Å²) in [6, 6.07) is 6.80. The van der Waals surface area contributed by atoms with E-state index >= 15 is 0 Å². The van der Waals surface area contributed by atoms with E-state index in [1.807, 2.05) is 4.90 Å². The molecule has 1 unspecified atom stereocenters. The van der Waals surface area contributed by atoms with Crippen LogP contribution in [0.25, 0.3) is 0 Å². The predicted molar refractivity (Wildman–Crippen MR) is 97.6 cm³/mol. The van der Waals surface area contributed by atoms with E-state index in [-0.39, 0.29) is 29.2 Å². The third-order valence-electron chi connectivity index (χ3n) is 5.50. The van der Waals surface area contributed by atoms with E-state index in [0.29, 0.717) is 24.2 Å². The highest BCUT2D eigenvalue weighted by molar-refractivity contribution is 6.00. The lowest BCUT2D eigenvalue weighted by molar-refractivity contribution is -0.144. The number of hydrogen-bond donors (Lipinski definition) is 1. The van der Waals surface area contributed by atoms with Gasteiger partial charge in [0.25, 0.3) is 5.91 Å². The summed E-state index contributed by atoms with van der Waals surface area (Å²) < 4.78 is 4.91. The van der Waals surface area contributed by atoms with Crippen molar-refractivity contribution in [2.24, 2.45) is 5.92 Å². The normalized spacial score (nSPS) is 20.8. The van der Waals surface area contributed by atoms with E-state index in [9.17, 15) is 14.4 Å². The minimum atomic E-state index is -0.297. The maximum atomic E-state index is 13.1. The van der Waals surface area contributed by atoms with Gasteiger partial charge in [0.15, 0.2) is 0 Å². The molecule has 3 rings (SSSR count). The molecule has 0 radical (unpaired) electrons. The Morgan fingerprint density at radius 3 is 2.46 bits per heavy atom. The molecule has 26 heavy (non-hydrogen) atoms. The zero-order valence-corrected chi connectivity index (χ0v) is 15.0. The number of ether oxygens (including phenoxy) is 1. The van der Waals surface area contributed by atoms with E-state index in [2.05, 4.69) is 11.9 Å². The first-order valence-corrected chi connectivity index (χ1v) is 8.92. The molecule has 1 atom stereocenters. The van der Waals surface area contributed by atoms with Crippen LogP contribution in [0.2, 0.25) is 0 Å². The van der Waals surface area contributed by atoms with Crippen LogP contribution in [-0.2, 0) is 14.3 Å². The van der Waals surface area contributed by atoms with Crippen molar-refractivity contribution in [1.29, 1.82) is 0 Å². The number of benzene rings is 1. The Morgan fingerprint density at radius 1 is 1.23 bits per heavy atom. The predicted octanol–water partition coefficient (Wildman–Crippen LogP) is 2.76. The molecular formula is C20H24N2O4. The molecular weight excluding hydrogens is 332 g/mol. The van der Waals surface area contributed by atoms with Crippen molar-refractivity contribution in [3.05, 3.63) is 42.5 Å². The van der Waals surface area contributed by atoms with Gasteiger partial charge in [-0.3, -0.25) is 14.4 Å². The number of amides is 2. The van der Waals surface area contributed by atoms with Crippen molar-refractivity contribution in [2.45, 2.75) is 37.6 Å². The zero-order valence-electron chi connectivity index (χ0n) is 15.0. The van der Waals surface area contributed by atoms with Crippen LogP contribution in [0.5, 0.6) is 0 Å². The van der Waals surface area contributed by atoms with Crippen LogP contribution in [0.3, 0.4) is 0 Å². The number of carbonyl (C=O) groups is 3. The summed E-state index contributed by atoms with van der Waals surface area (Å²) in [7, 11) is 1.39. The number of hydrogen-bond acceptors (Lipinski definition) is 4. The van der Waals surface area contributed by atoms with Crippen molar-refractivity contribution < 1.29 is 19.1 Å². The van der Waals surface area contributed by atoms with Crippen LogP contribution in [0.1, 0.15) is 42.5 Å². The average molecular weight is 356 g/mol. The van der Waals surface area contributed by atoms with Crippen LogP contribution < -0.4 is 5.32 Å². The molecule has 0 aromatic heterocycles. The summed E-state index contributed by atoms with van der Waals surface area (Å²) in [5.74, 6) is -0.864. The first-order chi connectivity index (χ1) is 12.5. The van der Waals surface area contributed by atoms with E-state index in [0.717, 1.165) is 25.7 Å². The lowest BCUT2D eigenvalue weighted by Gasteiger charge is -2.35. The lowest BCUT2D eigenvalue weighted by atomic mass is 9.90. The zero-order chi connectivity index (χ0) is 18.7. The largest absolute Gasteiger partial charge is 0.469 e. The first kappa shape index (κ1) is 18.2. The third kappa shape index (κ3) is 3.36. The SMILES string of the molecule is C=CC(=O)Nc1ccc(C(=O)N2CC(C(=O)OC)CC23CCCC3)cc1. The second kappa shape index (κ2) is 7.32. The van der Waals surface area contributed by atoms with Gasteiger partial charge in [-0.1, -0.05) is 19.4 Å². The van der Waals surface area contributed by atoms with Gasteiger partial charge in [0.05, 0.1) is 13.0 Å². The van der Waals surface area contributed by atoms with Gasteiger partial charge in [0, 0.05) is 23.3 Å². The molecule has 2 fully saturated rings. The first-order valence-electron chi connectivity index (χ1n) is 8.92. The third-order valence-corrected chi connectivity index (χ3v) is 5.50. The topological polar surface area (TPSA) is 75.7 Å². The van der Waals surface area contributed by atoms with Crippen molar-refractivity contribution in [3.63, 3.8) is 0 Å². The molecule has 2 amide bonds. The molecule has 1 aliphatic carbocycles. The summed E-state index contributed by atoms with van der Waals surface area (Å²) in [5, 5.41) is 2.66. The fourth-order valence-corrected chi connectivity index (χ4v) is 4.22. The van der Waals surface area contributed by atoms with Crippen molar-refractivity contribution in [1.82, 2.24) is 4.90 Å². The van der Waals surface area contributed by atoms with Crippen LogP contribution >= 0.6 is 0 Å². The number of nitrogens with zero attached hydrogens (tertiary/aromatic N) is 1. The minimum Gasteiger partial charge on any atom is -0.469 e. The van der Waals surface area contributed by atoms with Gasteiger partial charge < -0.3 is 15.0 Å². The number of esters is 1. The highest BCUT2D eigenvalue weighted by Crippen LogP contribution is 2.46. The highest BCUT2D eigenvalue weighted by Gasteiger charge is 2.51. The molecule has 1 saturated carbocycles. The lowest BCUT2D eigenvalue weighted by Crippen LogP contribution is -2.45. The number of likely N-dealkylation sites (tertiary alicyclic amines) is 1. The fraction of sp³-hybridized carbons (Fsp3) is 0.450. The highest BCUT2D eigenvalue weighted by atomic mass is 16.5. The number of carbonyl (C=O) groups excluding carboxylic acids is 3. The van der Waals surface area contributed by atoms with Gasteiger partial charge in [-0.2, -0.15) is 0 Å². The van der Waals surface area contributed by atoms with E-state index in [1.165, 1.54) is 13.2 Å². The van der Waals surface area contributed by atoms with Crippen molar-refractivity contribution in [2.75, 3.05) is 19.0 Å². The molecule has 1 heterocycles. The molecule has 1 spiro atoms. The summed E-state index contributed by atoms with van der Waals surface area (Å²) in [4.78, 5) is 38.4. The van der Waals surface area contributed by atoms with E-state index < -0.39 is 0 Å². The van der Waals surface area contributed by atoms with Gasteiger partial charge in [0.1, 0.15) is 0 Å². The number of methoxy groups -OCH3 is 1. The quantitative estimate of drug-likeness (QED) is 0.665. The van der Waals surface area contributed by atoms with Crippen LogP contribution in [0.15, 0.2) is 36.9 Å². The Kier molecular flexibility index (Phi) is 5.11. The maximum absolute atomic E-state index is 13.1. The maximum Gasteiger partial charge on any atom is 0.310 e. The van der Waals surface area contributed by atoms with E-state index in [4.69, 9.17) is 4.74 Å². The molecule has 1 saturated heterocycles. The second-order valence-electron chi connectivity index (χ2n) is 7.04. The van der Waals surface area contributed by atoms with Crippen molar-refractivity contribution in [3.8, 4) is 0 Å². The summed E-state index contributed by atoms with van der Waals surface area (Å²) in [6.07, 6.45) is 5.88. The molecule has 1 aromatic carbocycles. The van der Waals surface area contributed by atoms with Gasteiger partial charge in [-0.25, -0.2) is 0 Å². The van der Waals surface area contributed by atoms with Crippen LogP contribution in [-0.4, -0.2) is 41.9 Å². The number of nitrogens with one attached hydrogen (secondary N) is 1.